The Kier molecular flexibility index (Phi) is 4.72. The monoisotopic (exact) mass is 187 g/mol. The molecule has 0 aliphatic heterocycles. The van der Waals surface area contributed by atoms with Crippen molar-refractivity contribution in [1.82, 2.24) is 5.32 Å². The van der Waals surface area contributed by atoms with Crippen LogP contribution < -0.4 is 5.32 Å². The molecule has 13 heavy (non-hydrogen) atoms. The molecule has 0 aliphatic carbocycles. The van der Waals surface area contributed by atoms with Crippen LogP contribution in [0.2, 0.25) is 0 Å². The molecule has 0 unspecified atom stereocenters. The Hall–Kier alpha value is -1.39. The minimum Gasteiger partial charge on any atom is -0.481 e. The highest BCUT2D eigenvalue weighted by molar-refractivity contribution is 5.89. The molecule has 0 aromatic rings. The van der Waals surface area contributed by atoms with Gasteiger partial charge in [0.2, 0.25) is 5.91 Å². The molecule has 2 N–H and O–H groups in total. The summed E-state index contributed by atoms with van der Waals surface area (Å²) in [6, 6.07) is -0.600. The van der Waals surface area contributed by atoms with Crippen molar-refractivity contribution in [3.8, 4) is 0 Å². The molecule has 1 amide bonds. The van der Waals surface area contributed by atoms with E-state index in [1.807, 2.05) is 0 Å². The summed E-state index contributed by atoms with van der Waals surface area (Å²) < 4.78 is 0. The van der Waals surface area contributed by atoms with E-state index in [0.29, 0.717) is 0 Å². The molecule has 1 atom stereocenters. The molecule has 0 saturated heterocycles. The van der Waals surface area contributed by atoms with E-state index in [0.717, 1.165) is 0 Å². The van der Waals surface area contributed by atoms with Crippen LogP contribution in [0.25, 0.3) is 0 Å². The summed E-state index contributed by atoms with van der Waals surface area (Å²) in [6.07, 6.45) is -0.237. The van der Waals surface area contributed by atoms with E-state index in [4.69, 9.17) is 5.11 Å². The van der Waals surface area contributed by atoms with Crippen molar-refractivity contribution < 1.29 is 19.5 Å². The third-order valence-electron chi connectivity index (χ3n) is 1.49. The number of Topliss-reactive ketones (excluding diaryl/α,β-unsaturated/α-hetero) is 1. The fraction of sp³-hybridized carbons (Fsp3) is 0.625. The number of ketones is 1. The standard InChI is InChI=1S/C8H13NO4/c1-5(9-6(2)10)7(11)3-4-8(12)13/h5H,3-4H2,1-2H3,(H,9,10)(H,12,13)/t5-/m0/s1. The number of carboxylic acid groups (broad SMARTS) is 1. The minimum atomic E-state index is -1.01. The van der Waals surface area contributed by atoms with Gasteiger partial charge in [-0.15, -0.1) is 0 Å². The van der Waals surface area contributed by atoms with Crippen LogP contribution in [0.4, 0.5) is 0 Å². The van der Waals surface area contributed by atoms with Crippen molar-refractivity contribution in [3.05, 3.63) is 0 Å². The smallest absolute Gasteiger partial charge is 0.303 e. The Labute approximate surface area is 76.1 Å². The summed E-state index contributed by atoms with van der Waals surface area (Å²) in [5, 5.41) is 10.7. The molecule has 0 spiro atoms. The summed E-state index contributed by atoms with van der Waals surface area (Å²) in [5.74, 6) is -1.57. The Morgan fingerprint density at radius 3 is 2.23 bits per heavy atom. The summed E-state index contributed by atoms with van der Waals surface area (Å²) in [6.45, 7) is 2.84. The summed E-state index contributed by atoms with van der Waals surface area (Å²) in [5.41, 5.74) is 0. The van der Waals surface area contributed by atoms with Crippen LogP contribution in [0.15, 0.2) is 0 Å². The van der Waals surface area contributed by atoms with Gasteiger partial charge in [0.05, 0.1) is 12.5 Å². The Morgan fingerprint density at radius 2 is 1.85 bits per heavy atom. The molecule has 0 radical (unpaired) electrons. The van der Waals surface area contributed by atoms with Gasteiger partial charge in [-0.3, -0.25) is 14.4 Å². The zero-order valence-electron chi connectivity index (χ0n) is 7.66. The minimum absolute atomic E-state index is 0.0449. The van der Waals surface area contributed by atoms with Gasteiger partial charge in [-0.05, 0) is 6.92 Å². The molecule has 5 heteroatoms. The van der Waals surface area contributed by atoms with E-state index in [1.165, 1.54) is 13.8 Å². The molecule has 5 nitrogen and oxygen atoms in total. The largest absolute Gasteiger partial charge is 0.481 e. The zero-order chi connectivity index (χ0) is 10.4. The number of aliphatic carboxylic acids is 1. The number of nitrogens with one attached hydrogen (secondary N) is 1. The average Bonchev–Trinajstić information content (AvgIpc) is 1.98. The van der Waals surface area contributed by atoms with Crippen LogP contribution in [0.1, 0.15) is 26.7 Å². The molecular formula is C8H13NO4. The number of carboxylic acids is 1. The molecule has 0 rings (SSSR count). The van der Waals surface area contributed by atoms with Gasteiger partial charge >= 0.3 is 5.97 Å². The first-order chi connectivity index (χ1) is 5.93. The van der Waals surface area contributed by atoms with Crippen molar-refractivity contribution in [3.63, 3.8) is 0 Å². The van der Waals surface area contributed by atoms with E-state index in [2.05, 4.69) is 5.32 Å². The molecule has 0 bridgehead atoms. The van der Waals surface area contributed by atoms with E-state index in [1.54, 1.807) is 0 Å². The highest BCUT2D eigenvalue weighted by Crippen LogP contribution is 1.95. The predicted molar refractivity (Wildman–Crippen MR) is 45.2 cm³/mol. The summed E-state index contributed by atoms with van der Waals surface area (Å²) in [7, 11) is 0. The second-order valence-corrected chi connectivity index (χ2v) is 2.78. The van der Waals surface area contributed by atoms with E-state index >= 15 is 0 Å². The lowest BCUT2D eigenvalue weighted by molar-refractivity contribution is -0.138. The molecule has 0 aliphatic rings. The first kappa shape index (κ1) is 11.6. The lowest BCUT2D eigenvalue weighted by Crippen LogP contribution is -2.37. The second kappa shape index (κ2) is 5.29. The number of carbonyl (C=O) groups excluding carboxylic acids is 2. The summed E-state index contributed by atoms with van der Waals surface area (Å²) in [4.78, 5) is 31.7. The maximum atomic E-state index is 11.1. The number of rotatable bonds is 5. The van der Waals surface area contributed by atoms with Crippen molar-refractivity contribution in [2.75, 3.05) is 0 Å². The van der Waals surface area contributed by atoms with E-state index in [9.17, 15) is 14.4 Å². The van der Waals surface area contributed by atoms with Gasteiger partial charge in [-0.1, -0.05) is 0 Å². The van der Waals surface area contributed by atoms with Gasteiger partial charge < -0.3 is 10.4 Å². The second-order valence-electron chi connectivity index (χ2n) is 2.78. The topological polar surface area (TPSA) is 83.5 Å². The molecule has 0 aromatic heterocycles. The lowest BCUT2D eigenvalue weighted by Gasteiger charge is -2.09. The highest BCUT2D eigenvalue weighted by Gasteiger charge is 2.14. The fourth-order valence-electron chi connectivity index (χ4n) is 0.832. The average molecular weight is 187 g/mol. The van der Waals surface area contributed by atoms with Gasteiger partial charge in [-0.2, -0.15) is 0 Å². The quantitative estimate of drug-likeness (QED) is 0.631. The Bertz CT molecular complexity index is 224. The molecule has 0 aromatic carbocycles. The van der Waals surface area contributed by atoms with Gasteiger partial charge in [0.1, 0.15) is 0 Å². The predicted octanol–water partition coefficient (Wildman–Crippen LogP) is -0.0551. The maximum Gasteiger partial charge on any atom is 0.303 e. The number of hydrogen-bond acceptors (Lipinski definition) is 3. The van der Waals surface area contributed by atoms with Crippen LogP contribution in [0.5, 0.6) is 0 Å². The molecule has 74 valence electrons. The van der Waals surface area contributed by atoms with Gasteiger partial charge in [-0.25, -0.2) is 0 Å². The van der Waals surface area contributed by atoms with Crippen LogP contribution in [0, 0.1) is 0 Å². The molecule has 0 saturated carbocycles. The number of amides is 1. The van der Waals surface area contributed by atoms with Crippen LogP contribution in [-0.4, -0.2) is 28.8 Å². The maximum absolute atomic E-state index is 11.1. The Morgan fingerprint density at radius 1 is 1.31 bits per heavy atom. The van der Waals surface area contributed by atoms with Crippen molar-refractivity contribution in [2.45, 2.75) is 32.7 Å². The van der Waals surface area contributed by atoms with E-state index in [-0.39, 0.29) is 24.5 Å². The molecular weight excluding hydrogens is 174 g/mol. The van der Waals surface area contributed by atoms with Crippen molar-refractivity contribution in [2.24, 2.45) is 0 Å². The van der Waals surface area contributed by atoms with Gasteiger partial charge in [0, 0.05) is 13.3 Å². The van der Waals surface area contributed by atoms with Gasteiger partial charge in [0.25, 0.3) is 0 Å². The van der Waals surface area contributed by atoms with Crippen molar-refractivity contribution >= 4 is 17.7 Å². The fourth-order valence-corrected chi connectivity index (χ4v) is 0.832. The number of hydrogen-bond donors (Lipinski definition) is 2. The SMILES string of the molecule is CC(=O)N[C@@H](C)C(=O)CCC(=O)O. The first-order valence-corrected chi connectivity index (χ1v) is 3.95. The molecule has 0 fully saturated rings. The van der Waals surface area contributed by atoms with E-state index < -0.39 is 12.0 Å². The van der Waals surface area contributed by atoms with Gasteiger partial charge in [0.15, 0.2) is 5.78 Å². The zero-order valence-corrected chi connectivity index (χ0v) is 7.66. The third-order valence-corrected chi connectivity index (χ3v) is 1.49. The van der Waals surface area contributed by atoms with Crippen molar-refractivity contribution in [1.29, 1.82) is 0 Å². The summed E-state index contributed by atoms with van der Waals surface area (Å²) >= 11 is 0. The first-order valence-electron chi connectivity index (χ1n) is 3.95. The highest BCUT2D eigenvalue weighted by atomic mass is 16.4. The van der Waals surface area contributed by atoms with Crippen LogP contribution in [0.3, 0.4) is 0 Å². The Balaban J connectivity index is 3.82. The third kappa shape index (κ3) is 5.84. The van der Waals surface area contributed by atoms with Crippen LogP contribution in [-0.2, 0) is 14.4 Å². The van der Waals surface area contributed by atoms with Crippen LogP contribution >= 0.6 is 0 Å². The number of carbonyl (C=O) groups is 3. The lowest BCUT2D eigenvalue weighted by atomic mass is 10.1. The normalized spacial score (nSPS) is 11.8. The molecule has 0 heterocycles.